The van der Waals surface area contributed by atoms with E-state index in [0.29, 0.717) is 51.1 Å². The number of aryl methyl sites for hydroxylation is 3. The maximum absolute atomic E-state index is 14.9. The van der Waals surface area contributed by atoms with Crippen molar-refractivity contribution in [2.75, 3.05) is 0 Å². The van der Waals surface area contributed by atoms with Gasteiger partial charge in [-0.05, 0) is 116 Å². The minimum absolute atomic E-state index is 0.180. The number of alkyl halides is 6. The van der Waals surface area contributed by atoms with Gasteiger partial charge in [-0.15, -0.1) is 0 Å². The number of hydrogen-bond donors (Lipinski definition) is 0. The molecule has 2 aliphatic heterocycles. The third kappa shape index (κ3) is 5.70. The lowest BCUT2D eigenvalue weighted by molar-refractivity contribution is -0.142. The third-order valence-corrected chi connectivity index (χ3v) is 10.6. The molecule has 53 heavy (non-hydrogen) atoms. The number of hydrogen-bond acceptors (Lipinski definition) is 2. The predicted molar refractivity (Wildman–Crippen MR) is 200 cm³/mol. The van der Waals surface area contributed by atoms with Crippen molar-refractivity contribution >= 4 is 35.3 Å². The minimum Gasteiger partial charge on any atom is -0.379 e. The van der Waals surface area contributed by atoms with E-state index in [2.05, 4.69) is 0 Å². The van der Waals surface area contributed by atoms with E-state index in [1.54, 1.807) is 20.8 Å². The molecule has 0 amide bonds. The van der Waals surface area contributed by atoms with Crippen LogP contribution in [0.1, 0.15) is 64.2 Å². The van der Waals surface area contributed by atoms with Crippen LogP contribution in [0.15, 0.2) is 101 Å². The maximum Gasteiger partial charge on any atom is 0.417 e. The van der Waals surface area contributed by atoms with E-state index >= 15 is 0 Å². The molecule has 10 heteroatoms. The van der Waals surface area contributed by atoms with E-state index < -0.39 is 30.3 Å². The maximum atomic E-state index is 14.9. The highest BCUT2D eigenvalue weighted by atomic mass is 19.4. The summed E-state index contributed by atoms with van der Waals surface area (Å²) in [5.41, 5.74) is 8.64. The Kier molecular flexibility index (Phi) is 8.59. The average Bonchev–Trinajstić information content (AvgIpc) is 3.65. The highest BCUT2D eigenvalue weighted by Crippen LogP contribution is 2.48. The van der Waals surface area contributed by atoms with Crippen LogP contribution >= 0.6 is 0 Å². The van der Waals surface area contributed by atoms with Gasteiger partial charge in [-0.1, -0.05) is 72.3 Å². The van der Waals surface area contributed by atoms with Gasteiger partial charge in [0.25, 0.3) is 0 Å². The standard InChI is InChI=1S/C43H35BF6N2O/c1-22-18-23(2)37(24(3)19-22)39(40-25(4)33(21-53)27(6)51-40)41-26(5)38(32-17-16-29(42(45,46)47)20-34(32)43(48,49)50)28(7)52(41)44-35-14-10-8-12-30(35)31-13-9-11-15-36(31)44/h8-21H,1-7H3/b40-39-. The Morgan fingerprint density at radius 1 is 0.717 bits per heavy atom. The van der Waals surface area contributed by atoms with Crippen molar-refractivity contribution in [3.63, 3.8) is 0 Å². The van der Waals surface area contributed by atoms with E-state index in [0.717, 1.165) is 56.7 Å². The molecular weight excluding hydrogens is 685 g/mol. The Labute approximate surface area is 304 Å². The topological polar surface area (TPSA) is 34.4 Å². The van der Waals surface area contributed by atoms with Crippen LogP contribution in [0.2, 0.25) is 0 Å². The number of carbonyl (C=O) groups is 1. The summed E-state index contributed by atoms with van der Waals surface area (Å²) < 4.78 is 88.4. The van der Waals surface area contributed by atoms with Crippen molar-refractivity contribution in [3.8, 4) is 22.3 Å². The number of aldehydes is 1. The summed E-state index contributed by atoms with van der Waals surface area (Å²) in [6.45, 7) is 12.4. The smallest absolute Gasteiger partial charge is 0.379 e. The molecule has 0 aliphatic carbocycles. The van der Waals surface area contributed by atoms with Gasteiger partial charge in [-0.3, -0.25) is 9.79 Å². The first-order valence-electron chi connectivity index (χ1n) is 17.2. The molecule has 0 unspecified atom stereocenters. The molecule has 5 aromatic rings. The Balaban J connectivity index is 1.70. The largest absolute Gasteiger partial charge is 0.417 e. The average molecular weight is 721 g/mol. The molecule has 0 atom stereocenters. The van der Waals surface area contributed by atoms with Crippen LogP contribution in [0.4, 0.5) is 26.3 Å². The van der Waals surface area contributed by atoms with Crippen LogP contribution in [-0.2, 0) is 17.1 Å². The second kappa shape index (κ2) is 12.6. The number of aromatic nitrogens is 1. The highest BCUT2D eigenvalue weighted by molar-refractivity contribution is 6.88. The lowest BCUT2D eigenvalue weighted by atomic mass is 9.53. The van der Waals surface area contributed by atoms with Crippen LogP contribution in [0, 0.1) is 34.6 Å². The Morgan fingerprint density at radius 3 is 1.79 bits per heavy atom. The summed E-state index contributed by atoms with van der Waals surface area (Å²) in [4.78, 5) is 17.3. The number of allylic oxidation sites excluding steroid dienone is 2. The number of aliphatic imine (C=N–C) groups is 1. The van der Waals surface area contributed by atoms with Gasteiger partial charge in [0.05, 0.1) is 16.8 Å². The summed E-state index contributed by atoms with van der Waals surface area (Å²) in [6.07, 6.45) is -9.31. The number of halogens is 6. The summed E-state index contributed by atoms with van der Waals surface area (Å²) in [5.74, 6) is 0. The van der Waals surface area contributed by atoms with Crippen LogP contribution in [0.5, 0.6) is 0 Å². The quantitative estimate of drug-likeness (QED) is 0.0992. The fraction of sp³-hybridized carbons (Fsp3) is 0.209. The first-order chi connectivity index (χ1) is 24.9. The molecule has 1 aromatic heterocycles. The SMILES string of the molecule is CC1=N/C(=C(/c2c(C)cc(C)cc2C)c2c(C)c(-c3ccc(C(F)(F)F)cc3C(F)(F)F)c(C)n2B2c3ccccc3-c3ccccc32)C(C)=C1C=O. The zero-order chi connectivity index (χ0) is 38.3. The first-order valence-corrected chi connectivity index (χ1v) is 17.2. The Bertz CT molecular complexity index is 2410. The van der Waals surface area contributed by atoms with E-state index in [-0.39, 0.29) is 17.2 Å². The van der Waals surface area contributed by atoms with Gasteiger partial charge in [-0.25, -0.2) is 0 Å². The predicted octanol–water partition coefficient (Wildman–Crippen LogP) is 10.1. The second-order valence-corrected chi connectivity index (χ2v) is 14.0. The van der Waals surface area contributed by atoms with Gasteiger partial charge in [0.1, 0.15) is 0 Å². The summed E-state index contributed by atoms with van der Waals surface area (Å²) in [6, 6.07) is 21.7. The molecule has 0 saturated carbocycles. The molecule has 0 spiro atoms. The number of rotatable bonds is 5. The zero-order valence-corrected chi connectivity index (χ0v) is 30.2. The molecule has 0 bridgehead atoms. The van der Waals surface area contributed by atoms with E-state index in [9.17, 15) is 31.1 Å². The van der Waals surface area contributed by atoms with Crippen molar-refractivity contribution < 1.29 is 31.1 Å². The van der Waals surface area contributed by atoms with Gasteiger partial charge in [0.2, 0.25) is 0 Å². The Morgan fingerprint density at radius 2 is 1.28 bits per heavy atom. The van der Waals surface area contributed by atoms with E-state index in [1.165, 1.54) is 0 Å². The van der Waals surface area contributed by atoms with Gasteiger partial charge in [-0.2, -0.15) is 26.3 Å². The number of carbonyl (C=O) groups excluding carboxylic acids is 1. The monoisotopic (exact) mass is 720 g/mol. The Hall–Kier alpha value is -5.38. The third-order valence-electron chi connectivity index (χ3n) is 10.6. The van der Waals surface area contributed by atoms with E-state index in [4.69, 9.17) is 4.99 Å². The van der Waals surface area contributed by atoms with Crippen molar-refractivity contribution in [3.05, 3.63) is 146 Å². The molecular formula is C43H35BF6N2O. The minimum atomic E-state index is -5.10. The van der Waals surface area contributed by atoms with Gasteiger partial charge in [0.15, 0.2) is 6.29 Å². The van der Waals surface area contributed by atoms with Crippen molar-refractivity contribution in [1.82, 2.24) is 4.48 Å². The lowest BCUT2D eigenvalue weighted by Gasteiger charge is -2.24. The number of benzene rings is 4. The molecule has 268 valence electrons. The van der Waals surface area contributed by atoms with Crippen molar-refractivity contribution in [2.24, 2.45) is 4.99 Å². The van der Waals surface area contributed by atoms with Crippen molar-refractivity contribution in [1.29, 1.82) is 0 Å². The zero-order valence-electron chi connectivity index (χ0n) is 30.2. The van der Waals surface area contributed by atoms with Gasteiger partial charge < -0.3 is 4.48 Å². The van der Waals surface area contributed by atoms with Crippen LogP contribution in [0.3, 0.4) is 0 Å². The van der Waals surface area contributed by atoms with Gasteiger partial charge in [0, 0.05) is 33.8 Å². The highest BCUT2D eigenvalue weighted by Gasteiger charge is 2.43. The molecule has 3 nitrogen and oxygen atoms in total. The fourth-order valence-corrected chi connectivity index (χ4v) is 8.52. The normalized spacial score (nSPS) is 15.2. The summed E-state index contributed by atoms with van der Waals surface area (Å²) in [5, 5.41) is 0. The second-order valence-electron chi connectivity index (χ2n) is 14.0. The summed E-state index contributed by atoms with van der Waals surface area (Å²) in [7, 11) is 0. The lowest BCUT2D eigenvalue weighted by Crippen LogP contribution is -2.46. The molecule has 7 rings (SSSR count). The van der Waals surface area contributed by atoms with Crippen LogP contribution in [0.25, 0.3) is 27.8 Å². The molecule has 3 heterocycles. The molecule has 4 aromatic carbocycles. The molecule has 2 aliphatic rings. The molecule has 0 N–H and O–H groups in total. The summed E-state index contributed by atoms with van der Waals surface area (Å²) >= 11 is 0. The molecule has 0 fully saturated rings. The van der Waals surface area contributed by atoms with Crippen LogP contribution in [-0.4, -0.2) is 23.3 Å². The van der Waals surface area contributed by atoms with E-state index in [1.807, 2.05) is 92.8 Å². The van der Waals surface area contributed by atoms with Gasteiger partial charge >= 0.3 is 19.2 Å². The van der Waals surface area contributed by atoms with Crippen LogP contribution < -0.4 is 10.9 Å². The fourth-order valence-electron chi connectivity index (χ4n) is 8.52. The van der Waals surface area contributed by atoms with Crippen molar-refractivity contribution in [2.45, 2.75) is 60.8 Å². The molecule has 0 saturated heterocycles. The molecule has 0 radical (unpaired) electrons. The number of nitrogens with zero attached hydrogens (tertiary/aromatic N) is 2. The number of fused-ring (bicyclic) bond motifs is 3. The first kappa shape index (κ1) is 36.0.